The van der Waals surface area contributed by atoms with Crippen LogP contribution in [0.1, 0.15) is 91.8 Å². The lowest BCUT2D eigenvalue weighted by Gasteiger charge is -2.31. The second-order valence-corrected chi connectivity index (χ2v) is 11.2. The molecule has 0 saturated carbocycles. The van der Waals surface area contributed by atoms with Crippen LogP contribution < -0.4 is 10.2 Å². The van der Waals surface area contributed by atoms with E-state index in [1.54, 1.807) is 6.07 Å². The monoisotopic (exact) mass is 586 g/mol. The SMILES string of the molecule is C.C=CC(=C)N1CCCCC1.CF.Cc1cc(C2CNC2)cc(C(F)F)c1CCc1c(N2CCCCC2)ccnc1C. The third kappa shape index (κ3) is 9.35. The summed E-state index contributed by atoms with van der Waals surface area (Å²) in [5.74, 6) is 0.367. The highest BCUT2D eigenvalue weighted by Crippen LogP contribution is 2.33. The Morgan fingerprint density at radius 2 is 1.57 bits per heavy atom. The Morgan fingerprint density at radius 1 is 0.976 bits per heavy atom. The fourth-order valence-electron chi connectivity index (χ4n) is 6.05. The van der Waals surface area contributed by atoms with Crippen LogP contribution in [0, 0.1) is 13.8 Å². The van der Waals surface area contributed by atoms with Crippen molar-refractivity contribution in [2.75, 3.05) is 51.3 Å². The number of rotatable bonds is 8. The van der Waals surface area contributed by atoms with E-state index in [1.807, 2.05) is 26.1 Å². The Bertz CT molecular complexity index is 1120. The number of allylic oxidation sites excluding steroid dienone is 1. The second kappa shape index (κ2) is 18.0. The van der Waals surface area contributed by atoms with E-state index in [4.69, 9.17) is 0 Å². The predicted octanol–water partition coefficient (Wildman–Crippen LogP) is 8.49. The lowest BCUT2D eigenvalue weighted by atomic mass is 9.86. The van der Waals surface area contributed by atoms with Crippen LogP contribution in [0.5, 0.6) is 0 Å². The van der Waals surface area contributed by atoms with Crippen molar-refractivity contribution in [3.8, 4) is 0 Å². The van der Waals surface area contributed by atoms with Gasteiger partial charge in [0, 0.05) is 74.0 Å². The standard InChI is InChI=1S/C24H31F2N3.C9H15N.CH3F.CH4/c1-16-12-18(19-14-27-15-19)13-22(24(25)26)20(16)6-7-21-17(2)28-9-8-23(21)29-10-4-3-5-11-29;1-3-9(2)10-7-5-4-6-8-10;1-2;/h8-9,12-13,19,24,27H,3-7,10-11,14-15H2,1-2H3;3H,1-2,4-8H2;1H3;1H4. The van der Waals surface area contributed by atoms with Crippen molar-refractivity contribution in [2.24, 2.45) is 0 Å². The molecule has 4 nitrogen and oxygen atoms in total. The number of piperidine rings is 2. The van der Waals surface area contributed by atoms with E-state index >= 15 is 0 Å². The van der Waals surface area contributed by atoms with Crippen LogP contribution in [0.4, 0.5) is 18.9 Å². The highest BCUT2D eigenvalue weighted by molar-refractivity contribution is 5.55. The average Bonchev–Trinajstić information content (AvgIpc) is 2.98. The zero-order chi connectivity index (χ0) is 29.8. The lowest BCUT2D eigenvalue weighted by Crippen LogP contribution is -2.40. The Morgan fingerprint density at radius 3 is 2.12 bits per heavy atom. The van der Waals surface area contributed by atoms with Crippen LogP contribution in [0.15, 0.2) is 49.3 Å². The lowest BCUT2D eigenvalue weighted by molar-refractivity contribution is 0.150. The highest BCUT2D eigenvalue weighted by atomic mass is 19.3. The molecule has 0 unspecified atom stereocenters. The molecule has 0 atom stereocenters. The summed E-state index contributed by atoms with van der Waals surface area (Å²) < 4.78 is 37.3. The molecule has 1 aromatic heterocycles. The first-order chi connectivity index (χ1) is 19.9. The van der Waals surface area contributed by atoms with E-state index in [0.717, 1.165) is 60.7 Å². The van der Waals surface area contributed by atoms with Crippen molar-refractivity contribution >= 4 is 5.69 Å². The quantitative estimate of drug-likeness (QED) is 0.314. The molecular weight excluding hydrogens is 533 g/mol. The van der Waals surface area contributed by atoms with E-state index < -0.39 is 6.43 Å². The molecule has 3 fully saturated rings. The number of nitrogens with zero attached hydrogens (tertiary/aromatic N) is 3. The first-order valence-electron chi connectivity index (χ1n) is 15.1. The molecule has 0 spiro atoms. The minimum atomic E-state index is -2.44. The first kappa shape index (κ1) is 35.4. The molecule has 1 aromatic carbocycles. The Labute approximate surface area is 253 Å². The smallest absolute Gasteiger partial charge is 0.264 e. The molecule has 0 radical (unpaired) electrons. The van der Waals surface area contributed by atoms with Crippen molar-refractivity contribution in [2.45, 2.75) is 85.0 Å². The molecule has 5 rings (SSSR count). The van der Waals surface area contributed by atoms with Gasteiger partial charge in [0.15, 0.2) is 0 Å². The normalized spacial score (nSPS) is 16.7. The minimum absolute atomic E-state index is 0. The third-order valence-corrected chi connectivity index (χ3v) is 8.58. The van der Waals surface area contributed by atoms with E-state index in [0.29, 0.717) is 19.5 Å². The number of halogens is 3. The van der Waals surface area contributed by atoms with Crippen LogP contribution in [-0.4, -0.2) is 56.3 Å². The molecule has 4 heterocycles. The van der Waals surface area contributed by atoms with E-state index in [-0.39, 0.29) is 13.0 Å². The summed E-state index contributed by atoms with van der Waals surface area (Å²) in [6.45, 7) is 17.9. The summed E-state index contributed by atoms with van der Waals surface area (Å²) >= 11 is 0. The maximum atomic E-state index is 13.9. The van der Waals surface area contributed by atoms with Gasteiger partial charge in [0.2, 0.25) is 0 Å². The highest BCUT2D eigenvalue weighted by Gasteiger charge is 2.24. The van der Waals surface area contributed by atoms with Gasteiger partial charge in [-0.05, 0) is 106 Å². The molecule has 0 aliphatic carbocycles. The van der Waals surface area contributed by atoms with Crippen molar-refractivity contribution in [1.82, 2.24) is 15.2 Å². The molecule has 3 saturated heterocycles. The topological polar surface area (TPSA) is 31.4 Å². The molecule has 234 valence electrons. The number of aromatic nitrogens is 1. The number of nitrogens with one attached hydrogen (secondary N) is 1. The summed E-state index contributed by atoms with van der Waals surface area (Å²) in [7, 11) is 0.500. The third-order valence-electron chi connectivity index (χ3n) is 8.58. The zero-order valence-electron chi connectivity index (χ0n) is 25.3. The number of anilines is 1. The summed E-state index contributed by atoms with van der Waals surface area (Å²) in [5, 5.41) is 3.23. The van der Waals surface area contributed by atoms with E-state index in [1.165, 1.54) is 62.9 Å². The van der Waals surface area contributed by atoms with Crippen LogP contribution in [-0.2, 0) is 12.8 Å². The molecule has 42 heavy (non-hydrogen) atoms. The summed E-state index contributed by atoms with van der Waals surface area (Å²) in [6, 6.07) is 5.97. The maximum absolute atomic E-state index is 13.9. The molecular formula is C35H53F3N4. The van der Waals surface area contributed by atoms with Gasteiger partial charge in [-0.25, -0.2) is 8.78 Å². The fraction of sp³-hybridized carbons (Fsp3) is 0.571. The van der Waals surface area contributed by atoms with E-state index in [2.05, 4.69) is 45.4 Å². The molecule has 3 aliphatic rings. The summed E-state index contributed by atoms with van der Waals surface area (Å²) in [4.78, 5) is 9.25. The van der Waals surface area contributed by atoms with Crippen molar-refractivity contribution in [3.63, 3.8) is 0 Å². The summed E-state index contributed by atoms with van der Waals surface area (Å²) in [5.41, 5.74) is 7.61. The van der Waals surface area contributed by atoms with Crippen molar-refractivity contribution < 1.29 is 13.2 Å². The second-order valence-electron chi connectivity index (χ2n) is 11.2. The van der Waals surface area contributed by atoms with Crippen LogP contribution >= 0.6 is 0 Å². The Kier molecular flexibility index (Phi) is 15.2. The van der Waals surface area contributed by atoms with Crippen molar-refractivity contribution in [1.29, 1.82) is 0 Å². The van der Waals surface area contributed by atoms with Crippen LogP contribution in [0.25, 0.3) is 0 Å². The van der Waals surface area contributed by atoms with Gasteiger partial charge in [-0.2, -0.15) is 0 Å². The molecule has 3 aliphatic heterocycles. The van der Waals surface area contributed by atoms with Gasteiger partial charge < -0.3 is 15.1 Å². The number of benzene rings is 1. The van der Waals surface area contributed by atoms with Gasteiger partial charge in [-0.1, -0.05) is 26.7 Å². The maximum Gasteiger partial charge on any atom is 0.264 e. The number of aryl methyl sites for hydroxylation is 2. The molecule has 2 aromatic rings. The Balaban J connectivity index is 0.000000401. The van der Waals surface area contributed by atoms with Gasteiger partial charge in [-0.3, -0.25) is 9.37 Å². The van der Waals surface area contributed by atoms with Crippen molar-refractivity contribution in [3.05, 3.63) is 82.8 Å². The number of hydrogen-bond donors (Lipinski definition) is 1. The summed E-state index contributed by atoms with van der Waals surface area (Å²) in [6.07, 6.45) is 10.4. The van der Waals surface area contributed by atoms with Crippen LogP contribution in [0.2, 0.25) is 0 Å². The number of likely N-dealkylation sites (tertiary alicyclic amines) is 1. The molecule has 0 amide bonds. The van der Waals surface area contributed by atoms with Crippen LogP contribution in [0.3, 0.4) is 0 Å². The molecule has 7 heteroatoms. The van der Waals surface area contributed by atoms with Gasteiger partial charge in [-0.15, -0.1) is 0 Å². The number of alkyl halides is 3. The Hall–Kier alpha value is -2.80. The minimum Gasteiger partial charge on any atom is -0.372 e. The van der Waals surface area contributed by atoms with Gasteiger partial charge in [0.05, 0.1) is 7.18 Å². The fourth-order valence-corrected chi connectivity index (χ4v) is 6.05. The largest absolute Gasteiger partial charge is 0.372 e. The first-order valence-corrected chi connectivity index (χ1v) is 15.1. The molecule has 0 bridgehead atoms. The number of pyridine rings is 1. The van der Waals surface area contributed by atoms with E-state index in [9.17, 15) is 13.2 Å². The van der Waals surface area contributed by atoms with Gasteiger partial charge in [0.25, 0.3) is 6.43 Å². The average molecular weight is 587 g/mol. The molecule has 1 N–H and O–H groups in total. The zero-order valence-corrected chi connectivity index (χ0v) is 25.3. The number of hydrogen-bond acceptors (Lipinski definition) is 4. The van der Waals surface area contributed by atoms with Gasteiger partial charge >= 0.3 is 0 Å². The predicted molar refractivity (Wildman–Crippen MR) is 173 cm³/mol. The van der Waals surface area contributed by atoms with Gasteiger partial charge in [0.1, 0.15) is 0 Å².